The quantitative estimate of drug-likeness (QED) is 0.435. The molecule has 0 saturated heterocycles. The van der Waals surface area contributed by atoms with Crippen molar-refractivity contribution in [1.29, 1.82) is 0 Å². The molecule has 1 aromatic carbocycles. The van der Waals surface area contributed by atoms with Gasteiger partial charge in [0, 0.05) is 4.43 Å². The molecule has 22 heavy (non-hydrogen) atoms. The fourth-order valence-electron chi connectivity index (χ4n) is 5.18. The Labute approximate surface area is 149 Å². The highest BCUT2D eigenvalue weighted by Crippen LogP contribution is 2.58. The number of hydrogen-bond acceptors (Lipinski definition) is 1. The van der Waals surface area contributed by atoms with E-state index < -0.39 is 0 Å². The molecule has 3 rings (SSSR count). The maximum Gasteiger partial charge on any atom is 0.0720 e. The minimum Gasteiger partial charge on any atom is -0.373 e. The van der Waals surface area contributed by atoms with Crippen LogP contribution >= 0.6 is 22.6 Å². The Hall–Kier alpha value is -0.0900. The Kier molecular flexibility index (Phi) is 5.49. The number of hydrogen-bond donors (Lipinski definition) is 0. The summed E-state index contributed by atoms with van der Waals surface area (Å²) in [6.07, 6.45) is 7.28. The lowest BCUT2D eigenvalue weighted by Crippen LogP contribution is -2.42. The Morgan fingerprint density at radius 1 is 1.23 bits per heavy atom. The topological polar surface area (TPSA) is 9.23 Å². The summed E-state index contributed by atoms with van der Waals surface area (Å²) >= 11 is 2.57. The van der Waals surface area contributed by atoms with E-state index in [-0.39, 0.29) is 0 Å². The van der Waals surface area contributed by atoms with Gasteiger partial charge >= 0.3 is 0 Å². The normalized spacial score (nSPS) is 36.0. The van der Waals surface area contributed by atoms with Gasteiger partial charge < -0.3 is 4.74 Å². The van der Waals surface area contributed by atoms with Crippen molar-refractivity contribution in [1.82, 2.24) is 0 Å². The van der Waals surface area contributed by atoms with E-state index >= 15 is 0 Å². The third-order valence-electron chi connectivity index (χ3n) is 6.37. The molecule has 2 fully saturated rings. The molecule has 1 aromatic rings. The van der Waals surface area contributed by atoms with Crippen LogP contribution in [0, 0.1) is 23.2 Å². The van der Waals surface area contributed by atoms with Crippen LogP contribution in [0.2, 0.25) is 0 Å². The summed E-state index contributed by atoms with van der Waals surface area (Å²) in [6.45, 7) is 5.81. The molecule has 0 bridgehead atoms. The Balaban J connectivity index is 1.67. The second-order valence-electron chi connectivity index (χ2n) is 7.66. The summed E-state index contributed by atoms with van der Waals surface area (Å²) in [6, 6.07) is 10.7. The number of alkyl halides is 1. The summed E-state index contributed by atoms with van der Waals surface area (Å²) in [5.41, 5.74) is 1.83. The van der Waals surface area contributed by atoms with Gasteiger partial charge in [-0.15, -0.1) is 0 Å². The smallest absolute Gasteiger partial charge is 0.0720 e. The maximum absolute atomic E-state index is 6.41. The highest BCUT2D eigenvalue weighted by atomic mass is 127. The Morgan fingerprint density at radius 2 is 2.00 bits per heavy atom. The first kappa shape index (κ1) is 16.8. The Bertz CT molecular complexity index is 474. The minimum absolute atomic E-state index is 0.477. The van der Waals surface area contributed by atoms with Gasteiger partial charge in [0.1, 0.15) is 0 Å². The van der Waals surface area contributed by atoms with Gasteiger partial charge in [-0.05, 0) is 54.4 Å². The molecule has 2 heteroatoms. The third-order valence-corrected chi connectivity index (χ3v) is 7.76. The van der Waals surface area contributed by atoms with Crippen molar-refractivity contribution in [2.75, 3.05) is 4.43 Å². The van der Waals surface area contributed by atoms with E-state index in [1.54, 1.807) is 0 Å². The lowest BCUT2D eigenvalue weighted by Gasteiger charge is -2.46. The van der Waals surface area contributed by atoms with E-state index in [9.17, 15) is 0 Å². The fourth-order valence-corrected chi connectivity index (χ4v) is 5.79. The summed E-state index contributed by atoms with van der Waals surface area (Å²) < 4.78 is 7.70. The number of halogens is 1. The van der Waals surface area contributed by atoms with Crippen molar-refractivity contribution in [2.24, 2.45) is 23.2 Å². The SMILES string of the molecule is C[C@@H](CI)[C@@H]1CCC2[C@H](OCc3ccccc3)CCC[C@]21C. The van der Waals surface area contributed by atoms with Crippen molar-refractivity contribution < 1.29 is 4.74 Å². The molecule has 0 aliphatic heterocycles. The molecule has 0 amide bonds. The van der Waals surface area contributed by atoms with Crippen LogP contribution in [0.15, 0.2) is 30.3 Å². The molecule has 0 aromatic heterocycles. The summed E-state index contributed by atoms with van der Waals surface area (Å²) in [5.74, 6) is 2.53. The zero-order chi connectivity index (χ0) is 15.6. The van der Waals surface area contributed by atoms with E-state index in [2.05, 4.69) is 66.8 Å². The molecule has 1 nitrogen and oxygen atoms in total. The Morgan fingerprint density at radius 3 is 2.73 bits per heavy atom. The van der Waals surface area contributed by atoms with Crippen molar-refractivity contribution in [2.45, 2.75) is 58.7 Å². The molecule has 0 heterocycles. The highest BCUT2D eigenvalue weighted by molar-refractivity contribution is 14.1. The van der Waals surface area contributed by atoms with E-state index in [0.717, 1.165) is 24.4 Å². The average molecular weight is 412 g/mol. The molecule has 5 atom stereocenters. The molecule has 2 aliphatic rings. The lowest BCUT2D eigenvalue weighted by molar-refractivity contribution is -0.0750. The first-order valence-electron chi connectivity index (χ1n) is 8.86. The summed E-state index contributed by atoms with van der Waals surface area (Å²) in [5, 5.41) is 0. The van der Waals surface area contributed by atoms with Gasteiger partial charge in [0.25, 0.3) is 0 Å². The highest BCUT2D eigenvalue weighted by Gasteiger charge is 2.52. The van der Waals surface area contributed by atoms with Gasteiger partial charge in [-0.1, -0.05) is 73.2 Å². The predicted molar refractivity (Wildman–Crippen MR) is 101 cm³/mol. The van der Waals surface area contributed by atoms with Gasteiger partial charge in [-0.2, -0.15) is 0 Å². The van der Waals surface area contributed by atoms with Crippen LogP contribution < -0.4 is 0 Å². The van der Waals surface area contributed by atoms with Crippen molar-refractivity contribution >= 4 is 22.6 Å². The standard InChI is InChI=1S/C20H29IO/c1-15(13-21)17-10-11-18-19(9-6-12-20(17,18)2)22-14-16-7-4-3-5-8-16/h3-5,7-8,15,17-19H,6,9-14H2,1-2H3/t15-,17-,18?,19+,20-/m0/s1. The van der Waals surface area contributed by atoms with Gasteiger partial charge in [0.05, 0.1) is 12.7 Å². The molecule has 2 saturated carbocycles. The maximum atomic E-state index is 6.41. The minimum atomic E-state index is 0.477. The monoisotopic (exact) mass is 412 g/mol. The molecule has 1 unspecified atom stereocenters. The zero-order valence-electron chi connectivity index (χ0n) is 13.9. The largest absolute Gasteiger partial charge is 0.373 e. The first-order chi connectivity index (χ1) is 10.6. The van der Waals surface area contributed by atoms with Crippen molar-refractivity contribution in [3.63, 3.8) is 0 Å². The second-order valence-corrected chi connectivity index (χ2v) is 8.54. The van der Waals surface area contributed by atoms with Gasteiger partial charge in [0.2, 0.25) is 0 Å². The number of fused-ring (bicyclic) bond motifs is 1. The van der Waals surface area contributed by atoms with Crippen molar-refractivity contribution in [3.05, 3.63) is 35.9 Å². The van der Waals surface area contributed by atoms with Crippen LogP contribution in [0.4, 0.5) is 0 Å². The number of rotatable bonds is 5. The lowest BCUT2D eigenvalue weighted by atomic mass is 9.62. The van der Waals surface area contributed by atoms with Gasteiger partial charge in [0.15, 0.2) is 0 Å². The van der Waals surface area contributed by atoms with Crippen molar-refractivity contribution in [3.8, 4) is 0 Å². The molecule has 122 valence electrons. The van der Waals surface area contributed by atoms with Crippen LogP contribution in [0.25, 0.3) is 0 Å². The molecule has 0 radical (unpaired) electrons. The fraction of sp³-hybridized carbons (Fsp3) is 0.700. The van der Waals surface area contributed by atoms with Crippen LogP contribution in [-0.2, 0) is 11.3 Å². The third kappa shape index (κ3) is 3.24. The van der Waals surface area contributed by atoms with Gasteiger partial charge in [-0.3, -0.25) is 0 Å². The number of benzene rings is 1. The molecule has 0 spiro atoms. The van der Waals surface area contributed by atoms with E-state index in [1.165, 1.54) is 42.1 Å². The van der Waals surface area contributed by atoms with E-state index in [0.29, 0.717) is 11.5 Å². The van der Waals surface area contributed by atoms with Gasteiger partial charge in [-0.25, -0.2) is 0 Å². The average Bonchev–Trinajstić information content (AvgIpc) is 2.90. The molecular weight excluding hydrogens is 383 g/mol. The predicted octanol–water partition coefficient (Wildman–Crippen LogP) is 5.86. The summed E-state index contributed by atoms with van der Waals surface area (Å²) in [4.78, 5) is 0. The van der Waals surface area contributed by atoms with Crippen LogP contribution in [0.5, 0.6) is 0 Å². The van der Waals surface area contributed by atoms with E-state index in [4.69, 9.17) is 4.74 Å². The van der Waals surface area contributed by atoms with E-state index in [1.807, 2.05) is 0 Å². The molecule has 2 aliphatic carbocycles. The first-order valence-corrected chi connectivity index (χ1v) is 10.4. The zero-order valence-corrected chi connectivity index (χ0v) is 16.1. The second kappa shape index (κ2) is 7.21. The van der Waals surface area contributed by atoms with Crippen LogP contribution in [-0.4, -0.2) is 10.5 Å². The summed E-state index contributed by atoms with van der Waals surface area (Å²) in [7, 11) is 0. The molecular formula is C20H29IO. The number of ether oxygens (including phenoxy) is 1. The van der Waals surface area contributed by atoms with Crippen LogP contribution in [0.3, 0.4) is 0 Å². The molecule has 0 N–H and O–H groups in total. The van der Waals surface area contributed by atoms with Crippen LogP contribution in [0.1, 0.15) is 51.5 Å².